The van der Waals surface area contributed by atoms with Gasteiger partial charge in [0, 0.05) is 25.7 Å². The lowest BCUT2D eigenvalue weighted by molar-refractivity contribution is -0.384. The topological polar surface area (TPSA) is 134 Å². The zero-order valence-corrected chi connectivity index (χ0v) is 43.5. The van der Waals surface area contributed by atoms with Crippen LogP contribution in [0.3, 0.4) is 0 Å². The number of nitro groups is 1. The van der Waals surface area contributed by atoms with Crippen LogP contribution < -0.4 is 19.9 Å². The van der Waals surface area contributed by atoms with E-state index < -0.39 is 11.1 Å². The van der Waals surface area contributed by atoms with E-state index in [2.05, 4.69) is 92.6 Å². The molecule has 2 N–H and O–H groups in total. The van der Waals surface area contributed by atoms with Gasteiger partial charge in [-0.1, -0.05) is 103 Å². The molecule has 366 valence electrons. The summed E-state index contributed by atoms with van der Waals surface area (Å²) in [6, 6.07) is 26.2. The maximum atomic E-state index is 12.2. The number of aryl methyl sites for hydroxylation is 10. The van der Waals surface area contributed by atoms with E-state index in [1.54, 1.807) is 11.9 Å². The molecule has 5 rings (SSSR count). The molecule has 0 saturated carbocycles. The third kappa shape index (κ3) is 21.5. The van der Waals surface area contributed by atoms with Gasteiger partial charge in [0.15, 0.2) is 0 Å². The SMILES string of the molecule is CC.CCCC.CCCN.CCCN(C)C(=O)Oc1cc(CCc2cc(C)c(C)c(C)c2)ccc1C.Cc1ccc(CCc2cc(C)c(C)c(C)c2)cc1OC(=O)Oc1ccc([N+](=O)[O-])cc1. The first-order chi connectivity index (χ1) is 31.9. The molecule has 1 amide bonds. The van der Waals surface area contributed by atoms with Gasteiger partial charge >= 0.3 is 12.2 Å². The smallest absolute Gasteiger partial charge is 0.410 e. The van der Waals surface area contributed by atoms with Crippen LogP contribution in [0, 0.1) is 65.5 Å². The van der Waals surface area contributed by atoms with Crippen molar-refractivity contribution in [2.75, 3.05) is 20.1 Å². The number of ether oxygens (including phenoxy) is 3. The van der Waals surface area contributed by atoms with Crippen molar-refractivity contribution in [3.8, 4) is 17.2 Å². The van der Waals surface area contributed by atoms with Crippen LogP contribution in [0.5, 0.6) is 17.2 Å². The third-order valence-corrected chi connectivity index (χ3v) is 11.2. The number of carbonyl (C=O) groups is 2. The molecule has 10 nitrogen and oxygen atoms in total. The fraction of sp³-hybridized carbons (Fsp3) is 0.439. The van der Waals surface area contributed by atoms with Crippen LogP contribution in [0.1, 0.15) is 134 Å². The Kier molecular flexibility index (Phi) is 28.0. The molecule has 67 heavy (non-hydrogen) atoms. The number of nitrogens with two attached hydrogens (primary N) is 1. The molecule has 0 heterocycles. The number of non-ortho nitro benzene ring substituents is 1. The first-order valence-corrected chi connectivity index (χ1v) is 24.0. The van der Waals surface area contributed by atoms with Gasteiger partial charge in [0.2, 0.25) is 0 Å². The fourth-order valence-electron chi connectivity index (χ4n) is 6.38. The van der Waals surface area contributed by atoms with Gasteiger partial charge in [0.05, 0.1) is 4.92 Å². The molecule has 0 atom stereocenters. The van der Waals surface area contributed by atoms with E-state index in [9.17, 15) is 19.7 Å². The van der Waals surface area contributed by atoms with Crippen LogP contribution in [0.15, 0.2) is 84.9 Å². The van der Waals surface area contributed by atoms with Crippen molar-refractivity contribution >= 4 is 17.9 Å². The molecule has 0 aromatic heterocycles. The number of nitrogens with zero attached hydrogens (tertiary/aromatic N) is 2. The average molecular weight is 920 g/mol. The van der Waals surface area contributed by atoms with Crippen molar-refractivity contribution in [1.82, 2.24) is 4.90 Å². The van der Waals surface area contributed by atoms with Crippen molar-refractivity contribution in [2.45, 2.75) is 148 Å². The van der Waals surface area contributed by atoms with Gasteiger partial charge in [-0.25, -0.2) is 9.59 Å². The van der Waals surface area contributed by atoms with Crippen LogP contribution >= 0.6 is 0 Å². The molecule has 0 aliphatic heterocycles. The summed E-state index contributed by atoms with van der Waals surface area (Å²) in [5, 5.41) is 10.7. The first-order valence-electron chi connectivity index (χ1n) is 24.0. The van der Waals surface area contributed by atoms with Crippen LogP contribution in [-0.4, -0.2) is 42.2 Å². The molecule has 0 bridgehead atoms. The number of nitro benzene ring substituents is 1. The molecule has 0 unspecified atom stereocenters. The highest BCUT2D eigenvalue weighted by atomic mass is 16.7. The van der Waals surface area contributed by atoms with Gasteiger partial charge in [0.1, 0.15) is 17.2 Å². The van der Waals surface area contributed by atoms with Crippen LogP contribution in [0.4, 0.5) is 15.3 Å². The Morgan fingerprint density at radius 3 is 1.28 bits per heavy atom. The van der Waals surface area contributed by atoms with Crippen molar-refractivity contribution in [2.24, 2.45) is 5.73 Å². The summed E-state index contributed by atoms with van der Waals surface area (Å²) >= 11 is 0. The summed E-state index contributed by atoms with van der Waals surface area (Å²) in [4.78, 5) is 36.1. The van der Waals surface area contributed by atoms with E-state index in [4.69, 9.17) is 19.9 Å². The lowest BCUT2D eigenvalue weighted by Crippen LogP contribution is -2.30. The third-order valence-electron chi connectivity index (χ3n) is 11.2. The first kappa shape index (κ1) is 59.0. The quantitative estimate of drug-likeness (QED) is 0.0504. The summed E-state index contributed by atoms with van der Waals surface area (Å²) in [6.45, 7) is 30.7. The highest BCUT2D eigenvalue weighted by molar-refractivity contribution is 5.71. The molecule has 0 aliphatic carbocycles. The Balaban J connectivity index is 0.000000565. The Bertz CT molecular complexity index is 2230. The van der Waals surface area contributed by atoms with E-state index in [0.717, 1.165) is 61.8 Å². The lowest BCUT2D eigenvalue weighted by Gasteiger charge is -2.17. The Labute approximate surface area is 403 Å². The van der Waals surface area contributed by atoms with Crippen molar-refractivity contribution < 1.29 is 28.7 Å². The molecular formula is C57H81N3O7. The second-order valence-corrected chi connectivity index (χ2v) is 16.7. The monoisotopic (exact) mass is 920 g/mol. The predicted molar refractivity (Wildman–Crippen MR) is 278 cm³/mol. The molecule has 5 aromatic rings. The number of amides is 1. The number of hydrogen-bond donors (Lipinski definition) is 1. The summed E-state index contributed by atoms with van der Waals surface area (Å²) in [5.74, 6) is 1.27. The summed E-state index contributed by atoms with van der Waals surface area (Å²) in [7, 11) is 1.77. The van der Waals surface area contributed by atoms with Crippen LogP contribution in [0.2, 0.25) is 0 Å². The zero-order chi connectivity index (χ0) is 50.6. The van der Waals surface area contributed by atoms with Gasteiger partial charge in [-0.15, -0.1) is 0 Å². The van der Waals surface area contributed by atoms with Gasteiger partial charge in [-0.3, -0.25) is 10.1 Å². The molecule has 5 aromatic carbocycles. The zero-order valence-electron chi connectivity index (χ0n) is 43.5. The molecular weight excluding hydrogens is 839 g/mol. The molecule has 0 saturated heterocycles. The summed E-state index contributed by atoms with van der Waals surface area (Å²) in [6.07, 6.45) is 7.08. The molecule has 0 radical (unpaired) electrons. The predicted octanol–water partition coefficient (Wildman–Crippen LogP) is 14.9. The standard InChI is InChI=1S/C25H25NO5.C23H31NO2.C4H10.C3H9N.C2H6/c1-16-5-6-20(7-8-21-13-17(2)19(4)18(3)14-21)15-24(16)31-25(27)30-23-11-9-22(10-12-23)26(28)29;1-7-12-24(6)23(25)26-22-15-20(9-8-16(22)2)10-11-21-13-17(3)19(5)18(4)14-21;1-3-4-2;1-2-3-4;1-2/h5-6,9-15H,7-8H2,1-4H3;8-9,13-15H,7,10-12H2,1-6H3;3-4H2,1-2H3;2-4H2,1H3;1-2H3. The fourth-order valence-corrected chi connectivity index (χ4v) is 6.38. The van der Waals surface area contributed by atoms with Crippen molar-refractivity contribution in [3.05, 3.63) is 162 Å². The minimum absolute atomic E-state index is 0.0803. The van der Waals surface area contributed by atoms with E-state index in [1.807, 2.05) is 65.0 Å². The molecule has 0 fully saturated rings. The van der Waals surface area contributed by atoms with E-state index in [1.165, 1.54) is 87.2 Å². The lowest BCUT2D eigenvalue weighted by atomic mass is 9.96. The molecule has 10 heteroatoms. The minimum atomic E-state index is -0.890. The van der Waals surface area contributed by atoms with Crippen LogP contribution in [0.25, 0.3) is 0 Å². The minimum Gasteiger partial charge on any atom is -0.410 e. The number of hydrogen-bond acceptors (Lipinski definition) is 8. The molecule has 0 aliphatic rings. The van der Waals surface area contributed by atoms with E-state index in [0.29, 0.717) is 18.0 Å². The van der Waals surface area contributed by atoms with Gasteiger partial charge in [0.25, 0.3) is 5.69 Å². The number of rotatable bonds is 14. The maximum Gasteiger partial charge on any atom is 0.519 e. The van der Waals surface area contributed by atoms with Crippen LogP contribution in [-0.2, 0) is 25.7 Å². The average Bonchev–Trinajstić information content (AvgIpc) is 3.31. The highest BCUT2D eigenvalue weighted by Crippen LogP contribution is 2.25. The van der Waals surface area contributed by atoms with Gasteiger partial charge in [-0.2, -0.15) is 0 Å². The summed E-state index contributed by atoms with van der Waals surface area (Å²) < 4.78 is 16.1. The second-order valence-electron chi connectivity index (χ2n) is 16.7. The Hall–Kier alpha value is -6.00. The van der Waals surface area contributed by atoms with Crippen molar-refractivity contribution in [1.29, 1.82) is 0 Å². The van der Waals surface area contributed by atoms with Gasteiger partial charge in [-0.05, 0) is 191 Å². The van der Waals surface area contributed by atoms with Crippen molar-refractivity contribution in [3.63, 3.8) is 0 Å². The second kappa shape index (κ2) is 31.8. The number of unbranched alkanes of at least 4 members (excludes halogenated alkanes) is 1. The van der Waals surface area contributed by atoms with Gasteiger partial charge < -0.3 is 24.8 Å². The largest absolute Gasteiger partial charge is 0.519 e. The molecule has 0 spiro atoms. The normalized spacial score (nSPS) is 10.0. The number of carbonyl (C=O) groups excluding carboxylic acids is 2. The number of benzene rings is 5. The van der Waals surface area contributed by atoms with E-state index in [-0.39, 0.29) is 17.5 Å². The Morgan fingerprint density at radius 2 is 0.925 bits per heavy atom. The Morgan fingerprint density at radius 1 is 0.537 bits per heavy atom. The maximum absolute atomic E-state index is 12.2. The summed E-state index contributed by atoms with van der Waals surface area (Å²) in [5.41, 5.74) is 19.6. The highest BCUT2D eigenvalue weighted by Gasteiger charge is 2.15. The van der Waals surface area contributed by atoms with E-state index >= 15 is 0 Å².